The number of hydrogen-bond acceptors (Lipinski definition) is 2. The summed E-state index contributed by atoms with van der Waals surface area (Å²) in [6, 6.07) is 4.18. The van der Waals surface area contributed by atoms with E-state index in [-0.39, 0.29) is 6.04 Å². The highest BCUT2D eigenvalue weighted by atomic mass is 14.6. The summed E-state index contributed by atoms with van der Waals surface area (Å²) in [6.07, 6.45) is 5.38. The van der Waals surface area contributed by atoms with Gasteiger partial charge >= 0.3 is 0 Å². The van der Waals surface area contributed by atoms with Crippen LogP contribution < -0.4 is 5.73 Å². The Bertz CT molecular complexity index is 267. The van der Waals surface area contributed by atoms with Crippen molar-refractivity contribution in [2.24, 2.45) is 5.73 Å². The molecule has 1 aromatic heterocycles. The molecule has 0 spiro atoms. The first-order valence-electron chi connectivity index (χ1n) is 4.47. The van der Waals surface area contributed by atoms with E-state index in [0.717, 1.165) is 18.4 Å². The van der Waals surface area contributed by atoms with E-state index < -0.39 is 0 Å². The largest absolute Gasteiger partial charge is 0.327 e. The molecule has 0 aliphatic heterocycles. The van der Waals surface area contributed by atoms with Gasteiger partial charge in [-0.2, -0.15) is 0 Å². The normalized spacial score (nSPS) is 12.5. The fourth-order valence-electron chi connectivity index (χ4n) is 1.34. The van der Waals surface area contributed by atoms with Gasteiger partial charge in [-0.15, -0.1) is 6.58 Å². The molecule has 2 N–H and O–H groups in total. The molecule has 1 heterocycles. The van der Waals surface area contributed by atoms with Crippen molar-refractivity contribution in [3.05, 3.63) is 42.2 Å². The summed E-state index contributed by atoms with van der Waals surface area (Å²) in [5.41, 5.74) is 8.31. The van der Waals surface area contributed by atoms with Crippen LogP contribution in [0.25, 0.3) is 0 Å². The molecule has 0 aliphatic carbocycles. The van der Waals surface area contributed by atoms with Crippen LogP contribution in [-0.2, 0) is 6.42 Å². The van der Waals surface area contributed by atoms with Crippen molar-refractivity contribution in [2.75, 3.05) is 0 Å². The maximum absolute atomic E-state index is 5.93. The van der Waals surface area contributed by atoms with Gasteiger partial charge in [0, 0.05) is 18.4 Å². The number of pyridine rings is 1. The predicted octanol–water partition coefficient (Wildman–Crippen LogP) is 1.92. The summed E-state index contributed by atoms with van der Waals surface area (Å²) in [5, 5.41) is 0. The standard InChI is InChI=1S/C11H16N2/c1-9(2)7-11(12)8-10-3-5-13-6-4-10/h3-6,11H,1,7-8,12H2,2H3. The topological polar surface area (TPSA) is 38.9 Å². The highest BCUT2D eigenvalue weighted by molar-refractivity contribution is 5.12. The molecule has 1 rings (SSSR count). The van der Waals surface area contributed by atoms with Gasteiger partial charge in [0.15, 0.2) is 0 Å². The van der Waals surface area contributed by atoms with E-state index in [1.165, 1.54) is 5.56 Å². The molecule has 2 heteroatoms. The van der Waals surface area contributed by atoms with Crippen LogP contribution in [0.3, 0.4) is 0 Å². The summed E-state index contributed by atoms with van der Waals surface area (Å²) in [5.74, 6) is 0. The Labute approximate surface area is 79.5 Å². The first-order chi connectivity index (χ1) is 6.18. The average molecular weight is 176 g/mol. The molecule has 1 unspecified atom stereocenters. The van der Waals surface area contributed by atoms with Gasteiger partial charge in [-0.3, -0.25) is 4.98 Å². The van der Waals surface area contributed by atoms with Gasteiger partial charge in [-0.1, -0.05) is 5.57 Å². The van der Waals surface area contributed by atoms with Gasteiger partial charge in [0.2, 0.25) is 0 Å². The zero-order valence-corrected chi connectivity index (χ0v) is 8.03. The first-order valence-corrected chi connectivity index (χ1v) is 4.47. The predicted molar refractivity (Wildman–Crippen MR) is 55.3 cm³/mol. The van der Waals surface area contributed by atoms with Crippen molar-refractivity contribution in [1.29, 1.82) is 0 Å². The molecule has 70 valence electrons. The second-order valence-electron chi connectivity index (χ2n) is 3.48. The summed E-state index contributed by atoms with van der Waals surface area (Å²) >= 11 is 0. The minimum atomic E-state index is 0.180. The fraction of sp³-hybridized carbons (Fsp3) is 0.364. The van der Waals surface area contributed by atoms with Gasteiger partial charge < -0.3 is 5.73 Å². The SMILES string of the molecule is C=C(C)CC(N)Cc1ccncc1. The highest BCUT2D eigenvalue weighted by Crippen LogP contribution is 2.06. The molecule has 0 amide bonds. The second kappa shape index (κ2) is 4.77. The summed E-state index contributed by atoms with van der Waals surface area (Å²) in [7, 11) is 0. The Kier molecular flexibility index (Phi) is 3.65. The molecular weight excluding hydrogens is 160 g/mol. The highest BCUT2D eigenvalue weighted by Gasteiger charge is 2.03. The summed E-state index contributed by atoms with van der Waals surface area (Å²) in [4.78, 5) is 3.96. The van der Waals surface area contributed by atoms with Crippen molar-refractivity contribution < 1.29 is 0 Å². The minimum absolute atomic E-state index is 0.180. The Hall–Kier alpha value is -1.15. The van der Waals surface area contributed by atoms with Gasteiger partial charge in [-0.05, 0) is 37.5 Å². The Morgan fingerprint density at radius 2 is 2.15 bits per heavy atom. The molecule has 1 aromatic rings. The lowest BCUT2D eigenvalue weighted by molar-refractivity contribution is 0.661. The molecule has 0 fully saturated rings. The molecule has 1 atom stereocenters. The molecule has 0 radical (unpaired) electrons. The van der Waals surface area contributed by atoms with Gasteiger partial charge in [0.1, 0.15) is 0 Å². The van der Waals surface area contributed by atoms with Crippen molar-refractivity contribution >= 4 is 0 Å². The molecule has 0 bridgehead atoms. The van der Waals surface area contributed by atoms with Crippen LogP contribution in [0.15, 0.2) is 36.7 Å². The molecule has 13 heavy (non-hydrogen) atoms. The van der Waals surface area contributed by atoms with Crippen LogP contribution in [0.2, 0.25) is 0 Å². The second-order valence-corrected chi connectivity index (χ2v) is 3.48. The number of nitrogens with zero attached hydrogens (tertiary/aromatic N) is 1. The number of aromatic nitrogens is 1. The third-order valence-electron chi connectivity index (χ3n) is 1.86. The van der Waals surface area contributed by atoms with E-state index in [1.807, 2.05) is 19.1 Å². The van der Waals surface area contributed by atoms with Crippen LogP contribution in [0.5, 0.6) is 0 Å². The van der Waals surface area contributed by atoms with Crippen LogP contribution >= 0.6 is 0 Å². The summed E-state index contributed by atoms with van der Waals surface area (Å²) in [6.45, 7) is 5.85. The monoisotopic (exact) mass is 176 g/mol. The third-order valence-corrected chi connectivity index (χ3v) is 1.86. The van der Waals surface area contributed by atoms with Crippen molar-refractivity contribution in [1.82, 2.24) is 4.98 Å². The molecular formula is C11H16N2. The Balaban J connectivity index is 2.45. The van der Waals surface area contributed by atoms with Gasteiger partial charge in [0.05, 0.1) is 0 Å². The van der Waals surface area contributed by atoms with Crippen LogP contribution in [0, 0.1) is 0 Å². The van der Waals surface area contributed by atoms with E-state index in [9.17, 15) is 0 Å². The van der Waals surface area contributed by atoms with Gasteiger partial charge in [-0.25, -0.2) is 0 Å². The van der Waals surface area contributed by atoms with Crippen molar-refractivity contribution in [2.45, 2.75) is 25.8 Å². The lowest BCUT2D eigenvalue weighted by atomic mass is 10.0. The number of nitrogens with two attached hydrogens (primary N) is 1. The quantitative estimate of drug-likeness (QED) is 0.712. The number of hydrogen-bond donors (Lipinski definition) is 1. The van der Waals surface area contributed by atoms with E-state index in [4.69, 9.17) is 5.73 Å². The molecule has 0 saturated carbocycles. The molecule has 0 aromatic carbocycles. The smallest absolute Gasteiger partial charge is 0.0270 e. The molecule has 0 saturated heterocycles. The average Bonchev–Trinajstić information content (AvgIpc) is 2.04. The fourth-order valence-corrected chi connectivity index (χ4v) is 1.34. The van der Waals surface area contributed by atoms with E-state index in [0.29, 0.717) is 0 Å². The number of rotatable bonds is 4. The van der Waals surface area contributed by atoms with Crippen molar-refractivity contribution in [3.63, 3.8) is 0 Å². The Morgan fingerprint density at radius 3 is 2.69 bits per heavy atom. The third kappa shape index (κ3) is 3.85. The lowest BCUT2D eigenvalue weighted by Gasteiger charge is -2.10. The van der Waals surface area contributed by atoms with Crippen molar-refractivity contribution in [3.8, 4) is 0 Å². The first kappa shape index (κ1) is 9.93. The van der Waals surface area contributed by atoms with Crippen LogP contribution in [0.1, 0.15) is 18.9 Å². The molecule has 0 aliphatic rings. The van der Waals surface area contributed by atoms with E-state index in [1.54, 1.807) is 12.4 Å². The minimum Gasteiger partial charge on any atom is -0.327 e. The van der Waals surface area contributed by atoms with Crippen LogP contribution in [0.4, 0.5) is 0 Å². The van der Waals surface area contributed by atoms with Gasteiger partial charge in [0.25, 0.3) is 0 Å². The molecule has 2 nitrogen and oxygen atoms in total. The van der Waals surface area contributed by atoms with E-state index in [2.05, 4.69) is 11.6 Å². The maximum Gasteiger partial charge on any atom is 0.0270 e. The summed E-state index contributed by atoms with van der Waals surface area (Å²) < 4.78 is 0. The lowest BCUT2D eigenvalue weighted by Crippen LogP contribution is -2.22. The van der Waals surface area contributed by atoms with Crippen LogP contribution in [-0.4, -0.2) is 11.0 Å². The zero-order valence-electron chi connectivity index (χ0n) is 8.03. The van der Waals surface area contributed by atoms with E-state index >= 15 is 0 Å². The Morgan fingerprint density at radius 1 is 1.54 bits per heavy atom. The maximum atomic E-state index is 5.93. The zero-order chi connectivity index (χ0) is 9.68.